The molecule has 0 spiro atoms. The molecule has 1 rings (SSSR count). The maximum atomic E-state index is 11.7. The van der Waals surface area contributed by atoms with Gasteiger partial charge in [0.2, 0.25) is 0 Å². The first kappa shape index (κ1) is 16.1. The molecule has 0 saturated carbocycles. The summed E-state index contributed by atoms with van der Waals surface area (Å²) in [7, 11) is 0. The smallest absolute Gasteiger partial charge is 0.326 e. The van der Waals surface area contributed by atoms with E-state index in [1.165, 1.54) is 11.7 Å². The molecular formula is C12H16N2O5S. The van der Waals surface area contributed by atoms with Crippen molar-refractivity contribution in [3.8, 4) is 0 Å². The van der Waals surface area contributed by atoms with Crippen molar-refractivity contribution < 1.29 is 24.2 Å². The zero-order valence-electron chi connectivity index (χ0n) is 11.4. The van der Waals surface area contributed by atoms with Gasteiger partial charge in [0.05, 0.1) is 18.1 Å². The maximum Gasteiger partial charge on any atom is 0.326 e. The summed E-state index contributed by atoms with van der Waals surface area (Å²) in [6, 6.07) is -1.33. The standard InChI is InChI=1S/C12H16N2O5S/c1-12(2,3)19-9(15)4-7(11(17)18)14-10(16)8-5-13-6-20-8/h5-7H,4H2,1-3H3,(H,14,16)(H,17,18)/t7-/m0/s1. The van der Waals surface area contributed by atoms with Crippen LogP contribution in [0.15, 0.2) is 11.7 Å². The van der Waals surface area contributed by atoms with Crippen molar-refractivity contribution in [3.05, 3.63) is 16.6 Å². The molecule has 0 aromatic carbocycles. The SMILES string of the molecule is CC(C)(C)OC(=O)C[C@H](NC(=O)c1cncs1)C(=O)O. The Balaban J connectivity index is 2.64. The number of nitrogens with one attached hydrogen (secondary N) is 1. The second-order valence-corrected chi connectivity index (χ2v) is 5.91. The number of ether oxygens (including phenoxy) is 1. The van der Waals surface area contributed by atoms with Gasteiger partial charge in [-0.2, -0.15) is 0 Å². The molecule has 0 radical (unpaired) electrons. The lowest BCUT2D eigenvalue weighted by molar-refractivity contribution is -0.158. The molecule has 0 aliphatic carbocycles. The fourth-order valence-corrected chi connectivity index (χ4v) is 1.83. The lowest BCUT2D eigenvalue weighted by Crippen LogP contribution is -2.43. The van der Waals surface area contributed by atoms with Crippen molar-refractivity contribution in [2.24, 2.45) is 0 Å². The molecule has 0 unspecified atom stereocenters. The van der Waals surface area contributed by atoms with E-state index in [0.717, 1.165) is 11.3 Å². The Morgan fingerprint density at radius 1 is 1.45 bits per heavy atom. The summed E-state index contributed by atoms with van der Waals surface area (Å²) < 4.78 is 5.03. The first-order valence-corrected chi connectivity index (χ1v) is 6.71. The molecule has 20 heavy (non-hydrogen) atoms. The van der Waals surface area contributed by atoms with Crippen LogP contribution in [0.1, 0.15) is 36.9 Å². The van der Waals surface area contributed by atoms with E-state index in [2.05, 4.69) is 10.3 Å². The number of hydrogen-bond acceptors (Lipinski definition) is 6. The molecule has 0 aliphatic rings. The molecule has 0 aliphatic heterocycles. The second-order valence-electron chi connectivity index (χ2n) is 5.02. The second kappa shape index (κ2) is 6.47. The summed E-state index contributed by atoms with van der Waals surface area (Å²) in [5.74, 6) is -2.56. The molecule has 2 N–H and O–H groups in total. The number of rotatable bonds is 5. The lowest BCUT2D eigenvalue weighted by Gasteiger charge is -2.21. The van der Waals surface area contributed by atoms with Crippen LogP contribution in [-0.4, -0.2) is 39.6 Å². The summed E-state index contributed by atoms with van der Waals surface area (Å²) in [5.41, 5.74) is 0.750. The minimum absolute atomic E-state index is 0.278. The number of carbonyl (C=O) groups excluding carboxylic acids is 2. The Morgan fingerprint density at radius 3 is 2.55 bits per heavy atom. The van der Waals surface area contributed by atoms with Crippen molar-refractivity contribution in [3.63, 3.8) is 0 Å². The summed E-state index contributed by atoms with van der Waals surface area (Å²) in [6.45, 7) is 5.03. The number of esters is 1. The highest BCUT2D eigenvalue weighted by molar-refractivity contribution is 7.11. The van der Waals surface area contributed by atoms with E-state index in [0.29, 0.717) is 0 Å². The molecule has 7 nitrogen and oxygen atoms in total. The number of thiazole rings is 1. The number of carbonyl (C=O) groups is 3. The highest BCUT2D eigenvalue weighted by Gasteiger charge is 2.27. The quantitative estimate of drug-likeness (QED) is 0.788. The third-order valence-electron chi connectivity index (χ3n) is 2.05. The van der Waals surface area contributed by atoms with Crippen LogP contribution in [0.25, 0.3) is 0 Å². The predicted molar refractivity (Wildman–Crippen MR) is 71.5 cm³/mol. The third kappa shape index (κ3) is 5.35. The number of nitrogens with zero attached hydrogens (tertiary/aromatic N) is 1. The van der Waals surface area contributed by atoms with Gasteiger partial charge in [0.15, 0.2) is 0 Å². The monoisotopic (exact) mass is 300 g/mol. The van der Waals surface area contributed by atoms with Crippen molar-refractivity contribution in [2.45, 2.75) is 38.8 Å². The predicted octanol–water partition coefficient (Wildman–Crippen LogP) is 1.06. The summed E-state index contributed by atoms with van der Waals surface area (Å²) in [4.78, 5) is 38.4. The van der Waals surface area contributed by atoms with Gasteiger partial charge in [0.1, 0.15) is 16.5 Å². The van der Waals surface area contributed by atoms with Gasteiger partial charge in [-0.05, 0) is 20.8 Å². The molecule has 0 bridgehead atoms. The molecule has 110 valence electrons. The van der Waals surface area contributed by atoms with Crippen LogP contribution >= 0.6 is 11.3 Å². The molecule has 8 heteroatoms. The van der Waals surface area contributed by atoms with Gasteiger partial charge in [-0.1, -0.05) is 0 Å². The highest BCUT2D eigenvalue weighted by atomic mass is 32.1. The number of carboxylic acid groups (broad SMARTS) is 1. The van der Waals surface area contributed by atoms with Crippen LogP contribution in [0.2, 0.25) is 0 Å². The Bertz CT molecular complexity index is 492. The van der Waals surface area contributed by atoms with Crippen LogP contribution in [0.5, 0.6) is 0 Å². The van der Waals surface area contributed by atoms with Crippen molar-refractivity contribution in [1.29, 1.82) is 0 Å². The van der Waals surface area contributed by atoms with E-state index in [1.807, 2.05) is 0 Å². The Kier molecular flexibility index (Phi) is 5.20. The maximum absolute atomic E-state index is 11.7. The van der Waals surface area contributed by atoms with Gasteiger partial charge in [-0.15, -0.1) is 11.3 Å². The molecule has 1 aromatic rings. The van der Waals surface area contributed by atoms with E-state index in [4.69, 9.17) is 9.84 Å². The summed E-state index contributed by atoms with van der Waals surface area (Å²) in [6.07, 6.45) is 0.892. The Hall–Kier alpha value is -1.96. The number of carboxylic acids is 1. The van der Waals surface area contributed by atoms with Crippen LogP contribution in [0, 0.1) is 0 Å². The highest BCUT2D eigenvalue weighted by Crippen LogP contribution is 2.10. The fraction of sp³-hybridized carbons (Fsp3) is 0.500. The van der Waals surface area contributed by atoms with Crippen molar-refractivity contribution in [1.82, 2.24) is 10.3 Å². The van der Waals surface area contributed by atoms with E-state index >= 15 is 0 Å². The largest absolute Gasteiger partial charge is 0.480 e. The van der Waals surface area contributed by atoms with Gasteiger partial charge in [0.25, 0.3) is 5.91 Å². The molecule has 1 amide bonds. The van der Waals surface area contributed by atoms with Crippen LogP contribution < -0.4 is 5.32 Å². The molecule has 1 atom stereocenters. The van der Waals surface area contributed by atoms with Gasteiger partial charge < -0.3 is 15.2 Å². The number of aromatic nitrogens is 1. The fourth-order valence-electron chi connectivity index (χ4n) is 1.31. The first-order chi connectivity index (χ1) is 9.19. The molecular weight excluding hydrogens is 284 g/mol. The lowest BCUT2D eigenvalue weighted by atomic mass is 10.1. The summed E-state index contributed by atoms with van der Waals surface area (Å²) >= 11 is 1.08. The van der Waals surface area contributed by atoms with Gasteiger partial charge in [-0.3, -0.25) is 14.6 Å². The normalized spacial score (nSPS) is 12.6. The van der Waals surface area contributed by atoms with E-state index in [1.54, 1.807) is 20.8 Å². The van der Waals surface area contributed by atoms with Crippen molar-refractivity contribution in [2.75, 3.05) is 0 Å². The third-order valence-corrected chi connectivity index (χ3v) is 2.82. The number of aliphatic carboxylic acids is 1. The van der Waals surface area contributed by atoms with Crippen LogP contribution in [-0.2, 0) is 14.3 Å². The van der Waals surface area contributed by atoms with Crippen molar-refractivity contribution >= 4 is 29.2 Å². The molecule has 0 saturated heterocycles. The summed E-state index contributed by atoms with van der Waals surface area (Å²) in [5, 5.41) is 11.3. The van der Waals surface area contributed by atoms with Gasteiger partial charge in [0, 0.05) is 0 Å². The average molecular weight is 300 g/mol. The van der Waals surface area contributed by atoms with Gasteiger partial charge in [-0.25, -0.2) is 4.79 Å². The molecule has 0 fully saturated rings. The molecule has 1 aromatic heterocycles. The topological polar surface area (TPSA) is 106 Å². The van der Waals surface area contributed by atoms with E-state index in [9.17, 15) is 14.4 Å². The average Bonchev–Trinajstić information content (AvgIpc) is 2.78. The molecule has 1 heterocycles. The zero-order chi connectivity index (χ0) is 15.3. The minimum Gasteiger partial charge on any atom is -0.480 e. The first-order valence-electron chi connectivity index (χ1n) is 5.83. The van der Waals surface area contributed by atoms with Crippen LogP contribution in [0.3, 0.4) is 0 Å². The van der Waals surface area contributed by atoms with E-state index < -0.39 is 35.9 Å². The number of hydrogen-bond donors (Lipinski definition) is 2. The Labute approximate surface area is 120 Å². The number of amides is 1. The minimum atomic E-state index is -1.33. The Morgan fingerprint density at radius 2 is 2.10 bits per heavy atom. The zero-order valence-corrected chi connectivity index (χ0v) is 12.2. The van der Waals surface area contributed by atoms with Crippen LogP contribution in [0.4, 0.5) is 0 Å². The van der Waals surface area contributed by atoms with E-state index in [-0.39, 0.29) is 4.88 Å². The van der Waals surface area contributed by atoms with Gasteiger partial charge >= 0.3 is 11.9 Å².